The van der Waals surface area contributed by atoms with Crippen LogP contribution in [0.2, 0.25) is 15.1 Å². The highest BCUT2D eigenvalue weighted by Crippen LogP contribution is 2.21. The van der Waals surface area contributed by atoms with Crippen molar-refractivity contribution in [3.8, 4) is 0 Å². The zero-order valence-corrected chi connectivity index (χ0v) is 15.6. The fourth-order valence-electron chi connectivity index (χ4n) is 2.10. The molecular weight excluding hydrogens is 401 g/mol. The highest BCUT2D eigenvalue weighted by atomic mass is 35.5. The lowest BCUT2D eigenvalue weighted by atomic mass is 10.1. The number of benzene rings is 2. The second kappa shape index (κ2) is 7.58. The van der Waals surface area contributed by atoms with Crippen LogP contribution in [0.15, 0.2) is 47.3 Å². The molecule has 126 valence electrons. The van der Waals surface area contributed by atoms with E-state index in [2.05, 4.69) is 4.98 Å². The van der Waals surface area contributed by atoms with Crippen molar-refractivity contribution < 1.29 is 4.79 Å². The summed E-state index contributed by atoms with van der Waals surface area (Å²) in [7, 11) is 0. The molecule has 0 spiro atoms. The van der Waals surface area contributed by atoms with Crippen LogP contribution in [-0.4, -0.2) is 10.8 Å². The highest BCUT2D eigenvalue weighted by molar-refractivity contribution is 7.07. The molecule has 0 atom stereocenters. The maximum absolute atomic E-state index is 12.2. The monoisotopic (exact) mass is 409 g/mol. The Kier molecular flexibility index (Phi) is 5.45. The summed E-state index contributed by atoms with van der Waals surface area (Å²) in [6.07, 6.45) is 3.04. The van der Waals surface area contributed by atoms with Crippen LogP contribution in [0.4, 0.5) is 0 Å². The second-order valence-corrected chi connectivity index (χ2v) is 7.47. The van der Waals surface area contributed by atoms with Gasteiger partial charge in [-0.2, -0.15) is 0 Å². The van der Waals surface area contributed by atoms with E-state index in [0.29, 0.717) is 35.4 Å². The molecule has 1 aromatic heterocycles. The molecule has 0 saturated heterocycles. The van der Waals surface area contributed by atoms with Crippen LogP contribution in [0.1, 0.15) is 15.9 Å². The summed E-state index contributed by atoms with van der Waals surface area (Å²) in [5.74, 6) is -0.217. The topological polar surface area (TPSA) is 49.9 Å². The minimum atomic E-state index is -0.286. The molecule has 0 unspecified atom stereocenters. The lowest BCUT2D eigenvalue weighted by Gasteiger charge is -1.97. The largest absolute Gasteiger partial charge is 0.313 e. The van der Waals surface area contributed by atoms with E-state index in [-0.39, 0.29) is 11.3 Å². The number of nitrogens with one attached hydrogen (secondary N) is 1. The van der Waals surface area contributed by atoms with Gasteiger partial charge in [0.2, 0.25) is 0 Å². The number of aromatic amines is 1. The number of carbonyl (C=O) groups is 1. The van der Waals surface area contributed by atoms with Crippen molar-refractivity contribution in [1.82, 2.24) is 4.98 Å². The molecule has 3 nitrogen and oxygen atoms in total. The molecule has 0 aliphatic carbocycles. The lowest BCUT2D eigenvalue weighted by molar-refractivity contribution is 0.106. The van der Waals surface area contributed by atoms with Crippen LogP contribution in [-0.2, 0) is 0 Å². The summed E-state index contributed by atoms with van der Waals surface area (Å²) < 4.78 is 0.903. The Hall–Kier alpha value is -1.85. The second-order valence-electron chi connectivity index (χ2n) is 5.11. The van der Waals surface area contributed by atoms with Crippen LogP contribution in [0.5, 0.6) is 0 Å². The summed E-state index contributed by atoms with van der Waals surface area (Å²) in [4.78, 5) is 27.0. The Balaban J connectivity index is 1.99. The summed E-state index contributed by atoms with van der Waals surface area (Å²) in [6.45, 7) is 0. The molecule has 0 fully saturated rings. The Morgan fingerprint density at radius 2 is 1.68 bits per heavy atom. The minimum Gasteiger partial charge on any atom is -0.313 e. The van der Waals surface area contributed by atoms with E-state index in [1.54, 1.807) is 48.5 Å². The van der Waals surface area contributed by atoms with E-state index in [4.69, 9.17) is 34.8 Å². The minimum absolute atomic E-state index is 0.217. The third-order valence-electron chi connectivity index (χ3n) is 3.32. The smallest absolute Gasteiger partial charge is 0.266 e. The standard InChI is InChI=1S/C18H10Cl3NO2S/c19-12-4-1-10(2-5-12)15(23)9-17-22-18(24)16(25-17)7-11-3-6-13(20)8-14(11)21/h1-9H,(H,22,24)/b16-7-,17-9-. The predicted octanol–water partition coefficient (Wildman–Crippen LogP) is 3.89. The van der Waals surface area contributed by atoms with Gasteiger partial charge in [0.05, 0.1) is 9.20 Å². The van der Waals surface area contributed by atoms with Crippen molar-refractivity contribution in [2.75, 3.05) is 0 Å². The fourth-order valence-corrected chi connectivity index (χ4v) is 3.57. The van der Waals surface area contributed by atoms with Crippen molar-refractivity contribution >= 4 is 64.1 Å². The van der Waals surface area contributed by atoms with E-state index < -0.39 is 0 Å². The van der Waals surface area contributed by atoms with Crippen molar-refractivity contribution in [3.05, 3.63) is 88.2 Å². The molecule has 3 rings (SSSR count). The molecule has 1 N–H and O–H groups in total. The quantitative estimate of drug-likeness (QED) is 0.666. The summed E-state index contributed by atoms with van der Waals surface area (Å²) in [5.41, 5.74) is 0.880. The summed E-state index contributed by atoms with van der Waals surface area (Å²) >= 11 is 19.0. The average molecular weight is 411 g/mol. The van der Waals surface area contributed by atoms with Gasteiger partial charge in [0.15, 0.2) is 5.78 Å². The Labute approximate surface area is 161 Å². The molecule has 1 heterocycles. The average Bonchev–Trinajstić information content (AvgIpc) is 2.90. The van der Waals surface area contributed by atoms with Gasteiger partial charge in [-0.3, -0.25) is 9.59 Å². The van der Waals surface area contributed by atoms with Crippen LogP contribution < -0.4 is 14.8 Å². The third kappa shape index (κ3) is 4.41. The van der Waals surface area contributed by atoms with Gasteiger partial charge in [-0.05, 0) is 48.0 Å². The Morgan fingerprint density at radius 3 is 2.36 bits per heavy atom. The van der Waals surface area contributed by atoms with E-state index in [1.165, 1.54) is 17.4 Å². The molecule has 7 heteroatoms. The highest BCUT2D eigenvalue weighted by Gasteiger charge is 2.04. The number of ketones is 1. The number of aromatic nitrogens is 1. The number of thiazole rings is 1. The number of halogens is 3. The molecule has 0 radical (unpaired) electrons. The number of Topliss-reactive ketones (excluding diaryl/α,β-unsaturated/α-hetero) is 1. The summed E-state index contributed by atoms with van der Waals surface area (Å²) in [6, 6.07) is 11.6. The van der Waals surface area contributed by atoms with Gasteiger partial charge >= 0.3 is 0 Å². The molecule has 2 aromatic carbocycles. The first-order chi connectivity index (χ1) is 11.9. The van der Waals surface area contributed by atoms with Crippen LogP contribution in [0.25, 0.3) is 12.2 Å². The van der Waals surface area contributed by atoms with Crippen molar-refractivity contribution in [2.24, 2.45) is 0 Å². The van der Waals surface area contributed by atoms with E-state index in [1.807, 2.05) is 0 Å². The SMILES string of the molecule is O=C(/C=c1/[nH]c(=O)/c(=C/c2ccc(Cl)cc2Cl)s1)c1ccc(Cl)cc1. The number of rotatable bonds is 3. The molecule has 0 saturated carbocycles. The van der Waals surface area contributed by atoms with Gasteiger partial charge < -0.3 is 4.98 Å². The molecular formula is C18H10Cl3NO2S. The third-order valence-corrected chi connectivity index (χ3v) is 5.10. The van der Waals surface area contributed by atoms with Gasteiger partial charge in [0, 0.05) is 26.7 Å². The van der Waals surface area contributed by atoms with Gasteiger partial charge in [-0.15, -0.1) is 11.3 Å². The molecule has 0 aliphatic rings. The number of carbonyl (C=O) groups excluding carboxylic acids is 1. The molecule has 0 aliphatic heterocycles. The zero-order chi connectivity index (χ0) is 18.0. The van der Waals surface area contributed by atoms with Gasteiger partial charge in [0.25, 0.3) is 5.56 Å². The Bertz CT molecular complexity index is 1110. The predicted molar refractivity (Wildman–Crippen MR) is 104 cm³/mol. The first-order valence-corrected chi connectivity index (χ1v) is 9.05. The molecule has 3 aromatic rings. The van der Waals surface area contributed by atoms with Crippen LogP contribution in [0.3, 0.4) is 0 Å². The lowest BCUT2D eigenvalue weighted by Crippen LogP contribution is -2.20. The molecule has 0 amide bonds. The van der Waals surface area contributed by atoms with Crippen LogP contribution in [0, 0.1) is 0 Å². The van der Waals surface area contributed by atoms with E-state index >= 15 is 0 Å². The van der Waals surface area contributed by atoms with Crippen LogP contribution >= 0.6 is 46.1 Å². The maximum Gasteiger partial charge on any atom is 0.266 e. The van der Waals surface area contributed by atoms with Crippen molar-refractivity contribution in [3.63, 3.8) is 0 Å². The maximum atomic E-state index is 12.2. The van der Waals surface area contributed by atoms with Gasteiger partial charge in [-0.25, -0.2) is 0 Å². The fraction of sp³-hybridized carbons (Fsp3) is 0. The van der Waals surface area contributed by atoms with Gasteiger partial charge in [-0.1, -0.05) is 40.9 Å². The first kappa shape index (κ1) is 18.0. The zero-order valence-electron chi connectivity index (χ0n) is 12.6. The summed E-state index contributed by atoms with van der Waals surface area (Å²) in [5, 5.41) is 1.52. The number of H-pyrrole nitrogens is 1. The molecule has 0 bridgehead atoms. The number of hydrogen-bond acceptors (Lipinski definition) is 3. The van der Waals surface area contributed by atoms with E-state index in [9.17, 15) is 9.59 Å². The van der Waals surface area contributed by atoms with E-state index in [0.717, 1.165) is 0 Å². The normalized spacial score (nSPS) is 12.6. The van der Waals surface area contributed by atoms with Crippen molar-refractivity contribution in [2.45, 2.75) is 0 Å². The number of hydrogen-bond donors (Lipinski definition) is 1. The van der Waals surface area contributed by atoms with Gasteiger partial charge in [0.1, 0.15) is 0 Å². The molecule has 25 heavy (non-hydrogen) atoms. The Morgan fingerprint density at radius 1 is 1.00 bits per heavy atom. The van der Waals surface area contributed by atoms with Crippen molar-refractivity contribution in [1.29, 1.82) is 0 Å². The first-order valence-electron chi connectivity index (χ1n) is 7.10.